The Hall–Kier alpha value is -1.42. The van der Waals surface area contributed by atoms with Crippen LogP contribution in [0, 0.1) is 5.92 Å². The molecule has 3 heteroatoms. The molecule has 21 heavy (non-hydrogen) atoms. The molecule has 0 aliphatic heterocycles. The van der Waals surface area contributed by atoms with Gasteiger partial charge < -0.3 is 10.2 Å². The maximum atomic E-state index is 11.0. The van der Waals surface area contributed by atoms with Crippen molar-refractivity contribution in [1.82, 2.24) is 0 Å². The van der Waals surface area contributed by atoms with Gasteiger partial charge in [0.15, 0.2) is 0 Å². The van der Waals surface area contributed by atoms with Crippen molar-refractivity contribution in [2.45, 2.75) is 24.9 Å². The van der Waals surface area contributed by atoms with Crippen molar-refractivity contribution in [3.8, 4) is 0 Å². The highest BCUT2D eigenvalue weighted by Crippen LogP contribution is 2.48. The standard InChI is InChI=1S/C18H18O2S/c19-11-13-3-1-7-18(13,20)14-9-12-5-6-15(16(12)10-14)17-4-2-8-21-17/h2,4-6,8-10,13,19-20H,1,3,7,11H2. The van der Waals surface area contributed by atoms with Gasteiger partial charge in [-0.25, -0.2) is 0 Å². The van der Waals surface area contributed by atoms with Crippen LogP contribution in [0.2, 0.25) is 0 Å². The molecular weight excluding hydrogens is 280 g/mol. The third kappa shape index (κ3) is 1.92. The van der Waals surface area contributed by atoms with Gasteiger partial charge in [0.25, 0.3) is 0 Å². The molecule has 0 saturated heterocycles. The lowest BCUT2D eigenvalue weighted by atomic mass is 9.84. The molecule has 3 aliphatic carbocycles. The second-order valence-electron chi connectivity index (χ2n) is 6.03. The Morgan fingerprint density at radius 2 is 2.14 bits per heavy atom. The first-order valence-electron chi connectivity index (χ1n) is 7.46. The van der Waals surface area contributed by atoms with Crippen LogP contribution in [0.15, 0.2) is 58.5 Å². The minimum atomic E-state index is -0.854. The zero-order valence-electron chi connectivity index (χ0n) is 11.7. The van der Waals surface area contributed by atoms with Gasteiger partial charge in [-0.15, -0.1) is 11.3 Å². The molecule has 0 amide bonds. The van der Waals surface area contributed by atoms with Crippen LogP contribution in [0.25, 0.3) is 5.57 Å². The number of rotatable bonds is 3. The summed E-state index contributed by atoms with van der Waals surface area (Å²) in [7, 11) is 0. The van der Waals surface area contributed by atoms with Gasteiger partial charge in [-0.05, 0) is 65.2 Å². The fourth-order valence-electron chi connectivity index (χ4n) is 3.74. The van der Waals surface area contributed by atoms with Crippen LogP contribution in [-0.2, 0) is 0 Å². The van der Waals surface area contributed by atoms with E-state index >= 15 is 0 Å². The maximum absolute atomic E-state index is 11.0. The molecule has 0 aromatic carbocycles. The van der Waals surface area contributed by atoms with E-state index in [1.165, 1.54) is 21.6 Å². The van der Waals surface area contributed by atoms with Crippen molar-refractivity contribution >= 4 is 16.9 Å². The van der Waals surface area contributed by atoms with Gasteiger partial charge in [-0.1, -0.05) is 18.2 Å². The van der Waals surface area contributed by atoms with Crippen LogP contribution in [0.4, 0.5) is 0 Å². The maximum Gasteiger partial charge on any atom is 0.0946 e. The molecule has 1 saturated carbocycles. The van der Waals surface area contributed by atoms with E-state index in [4.69, 9.17) is 0 Å². The Balaban J connectivity index is 1.68. The summed E-state index contributed by atoms with van der Waals surface area (Å²) in [6.07, 6.45) is 11.1. The molecule has 0 bridgehead atoms. The van der Waals surface area contributed by atoms with E-state index in [0.717, 1.165) is 24.8 Å². The minimum Gasteiger partial charge on any atom is -0.396 e. The summed E-state index contributed by atoms with van der Waals surface area (Å²) in [5.41, 5.74) is 3.76. The molecule has 2 N–H and O–H groups in total. The zero-order chi connectivity index (χ0) is 14.4. The summed E-state index contributed by atoms with van der Waals surface area (Å²) in [5.74, 6) is -0.0332. The molecule has 1 fully saturated rings. The molecule has 0 spiro atoms. The molecule has 1 heterocycles. The Kier molecular flexibility index (Phi) is 3.03. The van der Waals surface area contributed by atoms with Crippen molar-refractivity contribution in [2.24, 2.45) is 5.92 Å². The van der Waals surface area contributed by atoms with Gasteiger partial charge in [0.05, 0.1) is 5.60 Å². The number of allylic oxidation sites excluding steroid dienone is 6. The predicted molar refractivity (Wildman–Crippen MR) is 85.9 cm³/mol. The predicted octanol–water partition coefficient (Wildman–Crippen LogP) is 3.46. The molecule has 1 aromatic rings. The van der Waals surface area contributed by atoms with E-state index in [1.54, 1.807) is 11.3 Å². The van der Waals surface area contributed by atoms with E-state index < -0.39 is 5.60 Å². The first kappa shape index (κ1) is 13.3. The normalized spacial score (nSPS) is 30.9. The van der Waals surface area contributed by atoms with E-state index in [9.17, 15) is 10.2 Å². The molecular formula is C18H18O2S. The van der Waals surface area contributed by atoms with Crippen LogP contribution in [-0.4, -0.2) is 22.4 Å². The van der Waals surface area contributed by atoms with Crippen molar-refractivity contribution in [1.29, 1.82) is 0 Å². The number of aliphatic hydroxyl groups excluding tert-OH is 1. The molecule has 3 aliphatic rings. The molecule has 2 atom stereocenters. The number of hydrogen-bond acceptors (Lipinski definition) is 3. The Labute approximate surface area is 128 Å². The van der Waals surface area contributed by atoms with Gasteiger partial charge in [-0.3, -0.25) is 0 Å². The molecule has 2 nitrogen and oxygen atoms in total. The van der Waals surface area contributed by atoms with E-state index in [-0.39, 0.29) is 12.5 Å². The minimum absolute atomic E-state index is 0.0332. The highest BCUT2D eigenvalue weighted by Gasteiger charge is 2.44. The Bertz CT molecular complexity index is 691. The summed E-state index contributed by atoms with van der Waals surface area (Å²) in [6, 6.07) is 4.20. The Morgan fingerprint density at radius 3 is 2.90 bits per heavy atom. The quantitative estimate of drug-likeness (QED) is 0.897. The number of fused-ring (bicyclic) bond motifs is 1. The van der Waals surface area contributed by atoms with Gasteiger partial charge in [0.1, 0.15) is 0 Å². The molecule has 1 aromatic heterocycles. The zero-order valence-corrected chi connectivity index (χ0v) is 12.6. The number of thiophene rings is 1. The van der Waals surface area contributed by atoms with Crippen molar-refractivity contribution in [2.75, 3.05) is 6.61 Å². The third-order valence-corrected chi connectivity index (χ3v) is 5.84. The average molecular weight is 298 g/mol. The topological polar surface area (TPSA) is 40.5 Å². The molecule has 2 unspecified atom stereocenters. The SMILES string of the molecule is OCC1CCCC1(O)C1=CC2=CC=C(c3cccs3)C2=C1. The van der Waals surface area contributed by atoms with Crippen LogP contribution in [0.3, 0.4) is 0 Å². The van der Waals surface area contributed by atoms with E-state index in [1.807, 2.05) is 0 Å². The molecule has 4 rings (SSSR count). The van der Waals surface area contributed by atoms with Crippen molar-refractivity contribution in [3.63, 3.8) is 0 Å². The van der Waals surface area contributed by atoms with Gasteiger partial charge in [-0.2, -0.15) is 0 Å². The van der Waals surface area contributed by atoms with Crippen LogP contribution in [0.5, 0.6) is 0 Å². The molecule has 0 radical (unpaired) electrons. The lowest BCUT2D eigenvalue weighted by Crippen LogP contribution is -2.36. The van der Waals surface area contributed by atoms with Crippen molar-refractivity contribution in [3.05, 3.63) is 63.4 Å². The lowest BCUT2D eigenvalue weighted by molar-refractivity contribution is 0.0168. The lowest BCUT2D eigenvalue weighted by Gasteiger charge is -2.29. The smallest absolute Gasteiger partial charge is 0.0946 e. The van der Waals surface area contributed by atoms with Crippen LogP contribution < -0.4 is 0 Å². The summed E-state index contributed by atoms with van der Waals surface area (Å²) in [4.78, 5) is 1.26. The second-order valence-corrected chi connectivity index (χ2v) is 6.98. The summed E-state index contributed by atoms with van der Waals surface area (Å²) in [6.45, 7) is 0.0592. The highest BCUT2D eigenvalue weighted by atomic mass is 32.1. The summed E-state index contributed by atoms with van der Waals surface area (Å²) < 4.78 is 0. The second kappa shape index (κ2) is 4.80. The number of aliphatic hydroxyl groups is 2. The summed E-state index contributed by atoms with van der Waals surface area (Å²) in [5, 5.41) is 22.6. The largest absolute Gasteiger partial charge is 0.396 e. The number of hydrogen-bond donors (Lipinski definition) is 2. The highest BCUT2D eigenvalue weighted by molar-refractivity contribution is 7.11. The fraction of sp³-hybridized carbons (Fsp3) is 0.333. The monoisotopic (exact) mass is 298 g/mol. The van der Waals surface area contributed by atoms with Crippen molar-refractivity contribution < 1.29 is 10.2 Å². The van der Waals surface area contributed by atoms with E-state index in [0.29, 0.717) is 0 Å². The average Bonchev–Trinajstić information content (AvgIpc) is 3.21. The third-order valence-electron chi connectivity index (χ3n) is 4.93. The van der Waals surface area contributed by atoms with Gasteiger partial charge >= 0.3 is 0 Å². The van der Waals surface area contributed by atoms with Gasteiger partial charge in [0, 0.05) is 17.4 Å². The fourth-order valence-corrected chi connectivity index (χ4v) is 4.51. The Morgan fingerprint density at radius 1 is 1.24 bits per heavy atom. The molecule has 108 valence electrons. The van der Waals surface area contributed by atoms with Gasteiger partial charge in [0.2, 0.25) is 0 Å². The van der Waals surface area contributed by atoms with E-state index in [2.05, 4.69) is 41.8 Å². The van der Waals surface area contributed by atoms with Crippen LogP contribution in [0.1, 0.15) is 24.1 Å². The van der Waals surface area contributed by atoms with Crippen LogP contribution >= 0.6 is 11.3 Å². The summed E-state index contributed by atoms with van der Waals surface area (Å²) >= 11 is 1.74. The first-order chi connectivity index (χ1) is 10.2. The first-order valence-corrected chi connectivity index (χ1v) is 8.34.